The molecule has 1 aromatic rings. The van der Waals surface area contributed by atoms with Gasteiger partial charge in [0.2, 0.25) is 5.88 Å². The summed E-state index contributed by atoms with van der Waals surface area (Å²) in [5.74, 6) is 0.606. The summed E-state index contributed by atoms with van der Waals surface area (Å²) in [4.78, 5) is 4.11. The molecule has 1 unspecified atom stereocenters. The van der Waals surface area contributed by atoms with E-state index in [0.29, 0.717) is 19.1 Å². The lowest BCUT2D eigenvalue weighted by molar-refractivity contribution is 0.0990. The molecule has 0 spiro atoms. The average Bonchev–Trinajstić information content (AvgIpc) is 2.29. The second-order valence-corrected chi connectivity index (χ2v) is 3.68. The Balaban J connectivity index is 2.33. The van der Waals surface area contributed by atoms with Crippen molar-refractivity contribution < 1.29 is 9.47 Å². The number of hydrogen-bond donors (Lipinski definition) is 1. The molecule has 0 amide bonds. The summed E-state index contributed by atoms with van der Waals surface area (Å²) in [6.07, 6.45) is 2.74. The molecule has 0 aliphatic carbocycles. The summed E-state index contributed by atoms with van der Waals surface area (Å²) in [5, 5.41) is 0. The molecule has 0 radical (unpaired) electrons. The highest BCUT2D eigenvalue weighted by Gasteiger charge is 2.02. The van der Waals surface area contributed by atoms with E-state index < -0.39 is 0 Å². The second-order valence-electron chi connectivity index (χ2n) is 3.68. The van der Waals surface area contributed by atoms with Crippen LogP contribution in [0.5, 0.6) is 5.88 Å². The van der Waals surface area contributed by atoms with Gasteiger partial charge in [0, 0.05) is 24.9 Å². The van der Waals surface area contributed by atoms with E-state index in [2.05, 4.69) is 11.9 Å². The van der Waals surface area contributed by atoms with Crippen molar-refractivity contribution in [2.45, 2.75) is 26.3 Å². The Morgan fingerprint density at radius 2 is 2.19 bits per heavy atom. The molecule has 90 valence electrons. The minimum absolute atomic E-state index is 0.00157. The number of aromatic nitrogens is 1. The number of hydrogen-bond acceptors (Lipinski definition) is 4. The van der Waals surface area contributed by atoms with E-state index in [0.717, 1.165) is 18.6 Å². The minimum Gasteiger partial charge on any atom is -0.475 e. The van der Waals surface area contributed by atoms with Crippen LogP contribution in [0, 0.1) is 0 Å². The molecule has 0 aromatic carbocycles. The van der Waals surface area contributed by atoms with E-state index in [1.165, 1.54) is 0 Å². The van der Waals surface area contributed by atoms with Crippen molar-refractivity contribution in [3.05, 3.63) is 23.9 Å². The van der Waals surface area contributed by atoms with Crippen LogP contribution in [0.1, 0.15) is 31.9 Å². The first-order valence-corrected chi connectivity index (χ1v) is 5.66. The SMILES string of the molecule is CCCOCCOc1cc(C(C)N)ccn1. The molecule has 0 saturated heterocycles. The zero-order valence-electron chi connectivity index (χ0n) is 9.98. The van der Waals surface area contributed by atoms with Crippen LogP contribution in [0.3, 0.4) is 0 Å². The Morgan fingerprint density at radius 3 is 2.88 bits per heavy atom. The largest absolute Gasteiger partial charge is 0.475 e. The number of ether oxygens (including phenoxy) is 2. The van der Waals surface area contributed by atoms with Gasteiger partial charge in [-0.25, -0.2) is 4.98 Å². The highest BCUT2D eigenvalue weighted by molar-refractivity contribution is 5.22. The Labute approximate surface area is 96.8 Å². The van der Waals surface area contributed by atoms with Crippen LogP contribution in [0.2, 0.25) is 0 Å². The van der Waals surface area contributed by atoms with E-state index in [1.807, 2.05) is 19.1 Å². The van der Waals surface area contributed by atoms with Crippen LogP contribution in [0.4, 0.5) is 0 Å². The molecule has 1 rings (SSSR count). The maximum atomic E-state index is 5.77. The number of rotatable bonds is 7. The minimum atomic E-state index is 0.00157. The topological polar surface area (TPSA) is 57.4 Å². The molecule has 1 aromatic heterocycles. The van der Waals surface area contributed by atoms with Crippen LogP contribution in [-0.4, -0.2) is 24.8 Å². The van der Waals surface area contributed by atoms with Crippen molar-refractivity contribution in [2.75, 3.05) is 19.8 Å². The molecular formula is C12H20N2O2. The Morgan fingerprint density at radius 1 is 1.38 bits per heavy atom. The van der Waals surface area contributed by atoms with Gasteiger partial charge in [0.05, 0.1) is 6.61 Å². The Bertz CT molecular complexity index is 303. The smallest absolute Gasteiger partial charge is 0.213 e. The fraction of sp³-hybridized carbons (Fsp3) is 0.583. The van der Waals surface area contributed by atoms with E-state index in [9.17, 15) is 0 Å². The van der Waals surface area contributed by atoms with Gasteiger partial charge in [0.15, 0.2) is 0 Å². The van der Waals surface area contributed by atoms with Gasteiger partial charge in [-0.05, 0) is 25.0 Å². The maximum Gasteiger partial charge on any atom is 0.213 e. The molecule has 0 fully saturated rings. The van der Waals surface area contributed by atoms with Crippen molar-refractivity contribution in [1.29, 1.82) is 0 Å². The first kappa shape index (κ1) is 12.9. The van der Waals surface area contributed by atoms with Gasteiger partial charge < -0.3 is 15.2 Å². The molecule has 4 heteroatoms. The molecule has 0 saturated carbocycles. The first-order chi connectivity index (χ1) is 7.74. The summed E-state index contributed by atoms with van der Waals surface area (Å²) in [5.41, 5.74) is 6.80. The van der Waals surface area contributed by atoms with Crippen molar-refractivity contribution in [2.24, 2.45) is 5.73 Å². The lowest BCUT2D eigenvalue weighted by Gasteiger charge is -2.09. The lowest BCUT2D eigenvalue weighted by Crippen LogP contribution is -2.09. The van der Waals surface area contributed by atoms with Crippen molar-refractivity contribution in [3.8, 4) is 5.88 Å². The van der Waals surface area contributed by atoms with Gasteiger partial charge in [-0.2, -0.15) is 0 Å². The molecular weight excluding hydrogens is 204 g/mol. The van der Waals surface area contributed by atoms with Crippen LogP contribution in [0.15, 0.2) is 18.3 Å². The van der Waals surface area contributed by atoms with Crippen molar-refractivity contribution >= 4 is 0 Å². The van der Waals surface area contributed by atoms with E-state index in [1.54, 1.807) is 6.20 Å². The van der Waals surface area contributed by atoms with Gasteiger partial charge in [0.1, 0.15) is 6.61 Å². The third-order valence-electron chi connectivity index (χ3n) is 2.11. The molecule has 0 bridgehead atoms. The van der Waals surface area contributed by atoms with Gasteiger partial charge in [-0.1, -0.05) is 6.92 Å². The standard InChI is InChI=1S/C12H20N2O2/c1-3-6-15-7-8-16-12-9-11(10(2)13)4-5-14-12/h4-5,9-10H,3,6-8,13H2,1-2H3. The predicted molar refractivity (Wildman–Crippen MR) is 63.4 cm³/mol. The van der Waals surface area contributed by atoms with Gasteiger partial charge in [-0.3, -0.25) is 0 Å². The van der Waals surface area contributed by atoms with Crippen LogP contribution in [-0.2, 0) is 4.74 Å². The van der Waals surface area contributed by atoms with Gasteiger partial charge in [0.25, 0.3) is 0 Å². The molecule has 16 heavy (non-hydrogen) atoms. The highest BCUT2D eigenvalue weighted by Crippen LogP contribution is 2.14. The second kappa shape index (κ2) is 7.19. The first-order valence-electron chi connectivity index (χ1n) is 5.66. The molecule has 1 atom stereocenters. The summed E-state index contributed by atoms with van der Waals surface area (Å²) < 4.78 is 10.8. The van der Waals surface area contributed by atoms with Gasteiger partial charge in [-0.15, -0.1) is 0 Å². The molecule has 0 aliphatic heterocycles. The average molecular weight is 224 g/mol. The third kappa shape index (κ3) is 4.59. The fourth-order valence-electron chi connectivity index (χ4n) is 1.24. The molecule has 1 heterocycles. The zero-order chi connectivity index (χ0) is 11.8. The van der Waals surface area contributed by atoms with Crippen molar-refractivity contribution in [1.82, 2.24) is 4.98 Å². The third-order valence-corrected chi connectivity index (χ3v) is 2.11. The summed E-state index contributed by atoms with van der Waals surface area (Å²) >= 11 is 0. The van der Waals surface area contributed by atoms with Gasteiger partial charge >= 0.3 is 0 Å². The van der Waals surface area contributed by atoms with Crippen LogP contribution in [0.25, 0.3) is 0 Å². The van der Waals surface area contributed by atoms with Crippen LogP contribution < -0.4 is 10.5 Å². The number of pyridine rings is 1. The lowest BCUT2D eigenvalue weighted by atomic mass is 10.1. The van der Waals surface area contributed by atoms with Crippen LogP contribution >= 0.6 is 0 Å². The normalized spacial score (nSPS) is 12.4. The zero-order valence-corrected chi connectivity index (χ0v) is 9.98. The number of nitrogens with two attached hydrogens (primary N) is 1. The van der Waals surface area contributed by atoms with E-state index in [4.69, 9.17) is 15.2 Å². The summed E-state index contributed by atoms with van der Waals surface area (Å²) in [6.45, 7) is 5.90. The predicted octanol–water partition coefficient (Wildman–Crippen LogP) is 1.91. The maximum absolute atomic E-state index is 5.77. The Hall–Kier alpha value is -1.13. The van der Waals surface area contributed by atoms with E-state index >= 15 is 0 Å². The van der Waals surface area contributed by atoms with E-state index in [-0.39, 0.29) is 6.04 Å². The molecule has 0 aliphatic rings. The summed E-state index contributed by atoms with van der Waals surface area (Å²) in [6, 6.07) is 3.76. The summed E-state index contributed by atoms with van der Waals surface area (Å²) in [7, 11) is 0. The highest BCUT2D eigenvalue weighted by atomic mass is 16.5. The number of nitrogens with zero attached hydrogens (tertiary/aromatic N) is 1. The molecule has 2 N–H and O–H groups in total. The Kier molecular flexibility index (Phi) is 5.82. The molecule has 4 nitrogen and oxygen atoms in total. The quantitative estimate of drug-likeness (QED) is 0.719. The fourth-order valence-corrected chi connectivity index (χ4v) is 1.24. The monoisotopic (exact) mass is 224 g/mol. The van der Waals surface area contributed by atoms with Crippen molar-refractivity contribution in [3.63, 3.8) is 0 Å².